The van der Waals surface area contributed by atoms with Gasteiger partial charge < -0.3 is 4.74 Å². The number of hydrogen-bond donors (Lipinski definition) is 0. The third-order valence-corrected chi connectivity index (χ3v) is 4.72. The van der Waals surface area contributed by atoms with Gasteiger partial charge in [-0.2, -0.15) is 13.2 Å². The van der Waals surface area contributed by atoms with Crippen LogP contribution >= 0.6 is 0 Å². The molecule has 2 rings (SSSR count). The fraction of sp³-hybridized carbons (Fsp3) is 0.421. The second kappa shape index (κ2) is 7.54. The maximum Gasteiger partial charge on any atom is 0.402 e. The average Bonchev–Trinajstić information content (AvgIpc) is 2.57. The molecule has 5 nitrogen and oxygen atoms in total. The van der Waals surface area contributed by atoms with E-state index in [1.807, 2.05) is 0 Å². The second-order valence-corrected chi connectivity index (χ2v) is 6.61. The average molecular weight is 383 g/mol. The summed E-state index contributed by atoms with van der Waals surface area (Å²) >= 11 is 0. The van der Waals surface area contributed by atoms with Gasteiger partial charge >= 0.3 is 12.1 Å². The number of nitro groups is 1. The molecule has 0 bridgehead atoms. The van der Waals surface area contributed by atoms with Crippen molar-refractivity contribution < 1.29 is 27.6 Å². The summed E-state index contributed by atoms with van der Waals surface area (Å²) in [5, 5.41) is 11.7. The molecular formula is C19H20F3NO4. The van der Waals surface area contributed by atoms with E-state index in [9.17, 15) is 28.1 Å². The Hall–Kier alpha value is -2.64. The van der Waals surface area contributed by atoms with E-state index in [4.69, 9.17) is 4.74 Å². The van der Waals surface area contributed by atoms with Crippen LogP contribution in [0.15, 0.2) is 47.1 Å². The first-order chi connectivity index (χ1) is 12.5. The summed E-state index contributed by atoms with van der Waals surface area (Å²) in [5.74, 6) is -3.73. The molecule has 0 heterocycles. The SMILES string of the molecule is CCOC(=O)C1=C(C)/C(=C/c2ccccc2)C[C@](C)([N+](=O)[O-])[C@@H]1C(F)(F)F. The molecule has 0 fully saturated rings. The quantitative estimate of drug-likeness (QED) is 0.434. The summed E-state index contributed by atoms with van der Waals surface area (Å²) in [6.45, 7) is 3.63. The van der Waals surface area contributed by atoms with E-state index >= 15 is 0 Å². The van der Waals surface area contributed by atoms with E-state index in [0.29, 0.717) is 11.1 Å². The number of rotatable bonds is 4. The zero-order valence-corrected chi connectivity index (χ0v) is 15.2. The summed E-state index contributed by atoms with van der Waals surface area (Å²) in [6, 6.07) is 8.71. The van der Waals surface area contributed by atoms with Crippen LogP contribution in [0.1, 0.15) is 32.8 Å². The highest BCUT2D eigenvalue weighted by Crippen LogP contribution is 2.50. The van der Waals surface area contributed by atoms with Gasteiger partial charge in [0.1, 0.15) is 0 Å². The Morgan fingerprint density at radius 1 is 1.37 bits per heavy atom. The van der Waals surface area contributed by atoms with E-state index in [1.165, 1.54) is 13.8 Å². The standard InChI is InChI=1S/C19H20F3NO4/c1-4-27-17(24)15-12(2)14(10-13-8-6-5-7-9-13)11-18(3,23(25)26)16(15)19(20,21)22/h5-10,16H,4,11H2,1-3H3/b14-10+/t16-,18+/m1/s1. The minimum atomic E-state index is -4.97. The molecule has 0 N–H and O–H groups in total. The van der Waals surface area contributed by atoms with Crippen molar-refractivity contribution in [3.8, 4) is 0 Å². The van der Waals surface area contributed by atoms with Gasteiger partial charge in [0.15, 0.2) is 5.92 Å². The fourth-order valence-corrected chi connectivity index (χ4v) is 3.40. The van der Waals surface area contributed by atoms with Gasteiger partial charge in [0, 0.05) is 18.3 Å². The van der Waals surface area contributed by atoms with Gasteiger partial charge in [-0.25, -0.2) is 4.79 Å². The third kappa shape index (κ3) is 4.04. The largest absolute Gasteiger partial charge is 0.463 e. The van der Waals surface area contributed by atoms with Crippen LogP contribution in [0.2, 0.25) is 0 Å². The summed E-state index contributed by atoms with van der Waals surface area (Å²) in [5.41, 5.74) is -2.06. The summed E-state index contributed by atoms with van der Waals surface area (Å²) < 4.78 is 46.2. The minimum Gasteiger partial charge on any atom is -0.463 e. The Kier molecular flexibility index (Phi) is 5.77. The van der Waals surface area contributed by atoms with Gasteiger partial charge in [-0.3, -0.25) is 10.1 Å². The molecule has 1 aromatic carbocycles. The van der Waals surface area contributed by atoms with Crippen LogP contribution in [-0.2, 0) is 9.53 Å². The van der Waals surface area contributed by atoms with Crippen molar-refractivity contribution in [2.75, 3.05) is 6.61 Å². The summed E-state index contributed by atoms with van der Waals surface area (Å²) in [6.07, 6.45) is -3.85. The van der Waals surface area contributed by atoms with Crippen LogP contribution in [0.25, 0.3) is 6.08 Å². The van der Waals surface area contributed by atoms with Crippen LogP contribution in [0, 0.1) is 16.0 Å². The highest BCUT2D eigenvalue weighted by molar-refractivity contribution is 5.92. The molecule has 1 aliphatic carbocycles. The Morgan fingerprint density at radius 3 is 2.44 bits per heavy atom. The number of carbonyl (C=O) groups excluding carboxylic acids is 1. The molecule has 0 saturated heterocycles. The minimum absolute atomic E-state index is 0.0685. The van der Waals surface area contributed by atoms with E-state index in [1.54, 1.807) is 36.4 Å². The third-order valence-electron chi connectivity index (χ3n) is 4.72. The molecule has 0 radical (unpaired) electrons. The van der Waals surface area contributed by atoms with Crippen molar-refractivity contribution in [1.82, 2.24) is 0 Å². The molecule has 146 valence electrons. The lowest BCUT2D eigenvalue weighted by molar-refractivity contribution is -0.583. The predicted molar refractivity (Wildman–Crippen MR) is 93.3 cm³/mol. The van der Waals surface area contributed by atoms with Gasteiger partial charge in [-0.1, -0.05) is 36.4 Å². The second-order valence-electron chi connectivity index (χ2n) is 6.61. The van der Waals surface area contributed by atoms with Gasteiger partial charge in [0.25, 0.3) is 0 Å². The molecule has 2 atom stereocenters. The first-order valence-corrected chi connectivity index (χ1v) is 8.37. The van der Waals surface area contributed by atoms with E-state index in [-0.39, 0.29) is 12.2 Å². The maximum atomic E-state index is 13.8. The molecule has 1 aliphatic rings. The van der Waals surface area contributed by atoms with Crippen molar-refractivity contribution in [3.05, 3.63) is 62.7 Å². The van der Waals surface area contributed by atoms with E-state index in [0.717, 1.165) is 6.92 Å². The topological polar surface area (TPSA) is 69.4 Å². The van der Waals surface area contributed by atoms with Crippen molar-refractivity contribution >= 4 is 12.0 Å². The number of allylic oxidation sites excluding steroid dienone is 1. The van der Waals surface area contributed by atoms with Gasteiger partial charge in [-0.15, -0.1) is 0 Å². The van der Waals surface area contributed by atoms with Gasteiger partial charge in [-0.05, 0) is 30.6 Å². The summed E-state index contributed by atoms with van der Waals surface area (Å²) in [4.78, 5) is 23.1. The Labute approximate surface area is 154 Å². The zero-order valence-electron chi connectivity index (χ0n) is 15.2. The molecule has 0 spiro atoms. The van der Waals surface area contributed by atoms with Crippen molar-refractivity contribution in [2.24, 2.45) is 5.92 Å². The van der Waals surface area contributed by atoms with Crippen LogP contribution in [0.3, 0.4) is 0 Å². The lowest BCUT2D eigenvalue weighted by Crippen LogP contribution is -2.54. The molecule has 0 amide bonds. The smallest absolute Gasteiger partial charge is 0.402 e. The summed E-state index contributed by atoms with van der Waals surface area (Å²) in [7, 11) is 0. The molecule has 0 saturated carbocycles. The number of ether oxygens (including phenoxy) is 1. The number of nitrogens with zero attached hydrogens (tertiary/aromatic N) is 1. The van der Waals surface area contributed by atoms with Crippen LogP contribution in [-0.4, -0.2) is 29.2 Å². The Morgan fingerprint density at radius 2 is 1.96 bits per heavy atom. The van der Waals surface area contributed by atoms with Crippen molar-refractivity contribution in [2.45, 2.75) is 38.9 Å². The van der Waals surface area contributed by atoms with Crippen LogP contribution in [0.5, 0.6) is 0 Å². The van der Waals surface area contributed by atoms with Crippen molar-refractivity contribution in [1.29, 1.82) is 0 Å². The predicted octanol–water partition coefficient (Wildman–Crippen LogP) is 4.57. The van der Waals surface area contributed by atoms with Gasteiger partial charge in [0.05, 0.1) is 12.2 Å². The van der Waals surface area contributed by atoms with Crippen LogP contribution in [0.4, 0.5) is 13.2 Å². The molecule has 0 aliphatic heterocycles. The monoisotopic (exact) mass is 383 g/mol. The normalized spacial score (nSPS) is 24.8. The first-order valence-electron chi connectivity index (χ1n) is 8.37. The highest BCUT2D eigenvalue weighted by atomic mass is 19.4. The molecule has 1 aromatic rings. The molecule has 0 unspecified atom stereocenters. The highest BCUT2D eigenvalue weighted by Gasteiger charge is 2.64. The van der Waals surface area contributed by atoms with Gasteiger partial charge in [0.2, 0.25) is 5.54 Å². The maximum absolute atomic E-state index is 13.8. The zero-order chi connectivity index (χ0) is 20.4. The van der Waals surface area contributed by atoms with Crippen LogP contribution < -0.4 is 0 Å². The number of benzene rings is 1. The lowest BCUT2D eigenvalue weighted by Gasteiger charge is -2.38. The molecule has 8 heteroatoms. The number of alkyl halides is 3. The lowest BCUT2D eigenvalue weighted by atomic mass is 9.68. The molecule has 27 heavy (non-hydrogen) atoms. The van der Waals surface area contributed by atoms with E-state index < -0.39 is 40.5 Å². The Balaban J connectivity index is 2.75. The number of halogens is 3. The van der Waals surface area contributed by atoms with E-state index in [2.05, 4.69) is 0 Å². The number of carbonyl (C=O) groups is 1. The molecule has 0 aromatic heterocycles. The first kappa shape index (κ1) is 20.7. The van der Waals surface area contributed by atoms with Crippen molar-refractivity contribution in [3.63, 3.8) is 0 Å². The fourth-order valence-electron chi connectivity index (χ4n) is 3.40. The number of hydrogen-bond acceptors (Lipinski definition) is 4. The Bertz CT molecular complexity index is 799. The number of esters is 1. The molecular weight excluding hydrogens is 363 g/mol.